The van der Waals surface area contributed by atoms with Crippen LogP contribution in [0.15, 0.2) is 60.8 Å². The second-order valence-electron chi connectivity index (χ2n) is 5.04. The van der Waals surface area contributed by atoms with Gasteiger partial charge in [-0.3, -0.25) is 0 Å². The Balaban J connectivity index is 1.71. The van der Waals surface area contributed by atoms with E-state index in [1.807, 2.05) is 24.4 Å². The van der Waals surface area contributed by atoms with Crippen LogP contribution in [-0.4, -0.2) is 9.97 Å². The van der Waals surface area contributed by atoms with Crippen LogP contribution in [0.1, 0.15) is 17.0 Å². The first kappa shape index (κ1) is 12.7. The Hall–Kier alpha value is -2.35. The first-order valence-electron chi connectivity index (χ1n) is 6.97. The molecule has 0 fully saturated rings. The molecule has 0 aliphatic rings. The van der Waals surface area contributed by atoms with Gasteiger partial charge in [0, 0.05) is 6.42 Å². The summed E-state index contributed by atoms with van der Waals surface area (Å²) in [6.45, 7) is 2.16. The first-order chi connectivity index (χ1) is 9.83. The Labute approximate surface area is 119 Å². The molecule has 3 rings (SSSR count). The summed E-state index contributed by atoms with van der Waals surface area (Å²) in [7, 11) is 0. The first-order valence-corrected chi connectivity index (χ1v) is 6.97. The van der Waals surface area contributed by atoms with Crippen molar-refractivity contribution in [3.05, 3.63) is 77.7 Å². The molecule has 20 heavy (non-hydrogen) atoms. The molecule has 1 heterocycles. The monoisotopic (exact) mass is 262 g/mol. The SMILES string of the molecule is Cc1ccccc1CCc1ncc(-c2ccccc2)[nH]1. The zero-order chi connectivity index (χ0) is 13.8. The van der Waals surface area contributed by atoms with Gasteiger partial charge in [0.25, 0.3) is 0 Å². The molecule has 100 valence electrons. The van der Waals surface area contributed by atoms with E-state index in [1.54, 1.807) is 0 Å². The largest absolute Gasteiger partial charge is 0.342 e. The van der Waals surface area contributed by atoms with Crippen LogP contribution >= 0.6 is 0 Å². The van der Waals surface area contributed by atoms with E-state index in [0.29, 0.717) is 0 Å². The maximum atomic E-state index is 4.48. The number of aromatic nitrogens is 2. The maximum Gasteiger partial charge on any atom is 0.106 e. The minimum Gasteiger partial charge on any atom is -0.342 e. The van der Waals surface area contributed by atoms with Gasteiger partial charge >= 0.3 is 0 Å². The van der Waals surface area contributed by atoms with Gasteiger partial charge in [-0.15, -0.1) is 0 Å². The molecule has 0 spiro atoms. The fourth-order valence-electron chi connectivity index (χ4n) is 2.40. The van der Waals surface area contributed by atoms with Crippen molar-refractivity contribution in [1.29, 1.82) is 0 Å². The number of hydrogen-bond donors (Lipinski definition) is 1. The van der Waals surface area contributed by atoms with Crippen molar-refractivity contribution in [3.8, 4) is 11.3 Å². The molecule has 0 unspecified atom stereocenters. The average molecular weight is 262 g/mol. The molecule has 0 bridgehead atoms. The number of H-pyrrole nitrogens is 1. The third-order valence-electron chi connectivity index (χ3n) is 3.61. The number of nitrogens with one attached hydrogen (secondary N) is 1. The number of aryl methyl sites for hydroxylation is 3. The molecule has 0 saturated heterocycles. The standard InChI is InChI=1S/C18H18N2/c1-14-7-5-6-8-15(14)11-12-18-19-13-17(20-18)16-9-3-2-4-10-16/h2-10,13H,11-12H2,1H3,(H,19,20). The lowest BCUT2D eigenvalue weighted by atomic mass is 10.0. The highest BCUT2D eigenvalue weighted by Gasteiger charge is 2.04. The molecule has 0 aliphatic carbocycles. The smallest absolute Gasteiger partial charge is 0.106 e. The minimum atomic E-state index is 0.942. The van der Waals surface area contributed by atoms with Crippen LogP contribution in [0, 0.1) is 6.92 Å². The number of benzene rings is 2. The summed E-state index contributed by atoms with van der Waals surface area (Å²) in [4.78, 5) is 7.89. The third-order valence-corrected chi connectivity index (χ3v) is 3.61. The van der Waals surface area contributed by atoms with E-state index in [0.717, 1.165) is 24.4 Å². The molecule has 3 aromatic rings. The number of rotatable bonds is 4. The molecule has 1 N–H and O–H groups in total. The molecule has 0 radical (unpaired) electrons. The van der Waals surface area contributed by atoms with Crippen molar-refractivity contribution >= 4 is 0 Å². The maximum absolute atomic E-state index is 4.48. The zero-order valence-electron chi connectivity index (χ0n) is 11.6. The topological polar surface area (TPSA) is 28.7 Å². The second-order valence-corrected chi connectivity index (χ2v) is 5.04. The molecule has 0 atom stereocenters. The third kappa shape index (κ3) is 2.80. The van der Waals surface area contributed by atoms with Crippen LogP contribution in [0.25, 0.3) is 11.3 Å². The van der Waals surface area contributed by atoms with Crippen molar-refractivity contribution in [3.63, 3.8) is 0 Å². The number of hydrogen-bond acceptors (Lipinski definition) is 1. The molecule has 2 heteroatoms. The van der Waals surface area contributed by atoms with Crippen molar-refractivity contribution < 1.29 is 0 Å². The fourth-order valence-corrected chi connectivity index (χ4v) is 2.40. The van der Waals surface area contributed by atoms with Gasteiger partial charge in [0.2, 0.25) is 0 Å². The van der Waals surface area contributed by atoms with Gasteiger partial charge in [-0.25, -0.2) is 4.98 Å². The van der Waals surface area contributed by atoms with Crippen LogP contribution in [0.2, 0.25) is 0 Å². The summed E-state index contributed by atoms with van der Waals surface area (Å²) in [6.07, 6.45) is 3.88. The van der Waals surface area contributed by atoms with Crippen molar-refractivity contribution in [2.24, 2.45) is 0 Å². The van der Waals surface area contributed by atoms with Gasteiger partial charge in [0.15, 0.2) is 0 Å². The van der Waals surface area contributed by atoms with Gasteiger partial charge in [-0.2, -0.15) is 0 Å². The van der Waals surface area contributed by atoms with Gasteiger partial charge in [0.05, 0.1) is 11.9 Å². The Morgan fingerprint density at radius 2 is 1.65 bits per heavy atom. The summed E-state index contributed by atoms with van der Waals surface area (Å²) in [5, 5.41) is 0. The van der Waals surface area contributed by atoms with Gasteiger partial charge in [0.1, 0.15) is 5.82 Å². The molecule has 0 aliphatic heterocycles. The number of imidazole rings is 1. The normalized spacial score (nSPS) is 10.7. The molecule has 0 saturated carbocycles. The van der Waals surface area contributed by atoms with E-state index in [1.165, 1.54) is 16.7 Å². The Kier molecular flexibility index (Phi) is 3.64. The van der Waals surface area contributed by atoms with Crippen LogP contribution in [0.4, 0.5) is 0 Å². The highest BCUT2D eigenvalue weighted by atomic mass is 14.9. The summed E-state index contributed by atoms with van der Waals surface area (Å²) in [6, 6.07) is 18.8. The van der Waals surface area contributed by atoms with Gasteiger partial charge in [-0.05, 0) is 30.0 Å². The molecular weight excluding hydrogens is 244 g/mol. The Morgan fingerprint density at radius 3 is 2.45 bits per heavy atom. The Morgan fingerprint density at radius 1 is 0.900 bits per heavy atom. The summed E-state index contributed by atoms with van der Waals surface area (Å²) in [5.74, 6) is 1.05. The van der Waals surface area contributed by atoms with Crippen LogP contribution in [-0.2, 0) is 12.8 Å². The van der Waals surface area contributed by atoms with E-state index in [4.69, 9.17) is 0 Å². The predicted octanol–water partition coefficient (Wildman–Crippen LogP) is 4.17. The number of nitrogens with zero attached hydrogens (tertiary/aromatic N) is 1. The lowest BCUT2D eigenvalue weighted by molar-refractivity contribution is 0.879. The summed E-state index contributed by atoms with van der Waals surface area (Å²) < 4.78 is 0. The molecule has 0 amide bonds. The minimum absolute atomic E-state index is 0.942. The number of aromatic amines is 1. The van der Waals surface area contributed by atoms with Crippen LogP contribution < -0.4 is 0 Å². The molecule has 1 aromatic heterocycles. The highest BCUT2D eigenvalue weighted by molar-refractivity contribution is 5.57. The quantitative estimate of drug-likeness (QED) is 0.751. The zero-order valence-corrected chi connectivity index (χ0v) is 11.6. The highest BCUT2D eigenvalue weighted by Crippen LogP contribution is 2.17. The molecular formula is C18H18N2. The fraction of sp³-hybridized carbons (Fsp3) is 0.167. The average Bonchev–Trinajstić information content (AvgIpc) is 2.96. The second kappa shape index (κ2) is 5.74. The van der Waals surface area contributed by atoms with E-state index < -0.39 is 0 Å². The van der Waals surface area contributed by atoms with E-state index in [9.17, 15) is 0 Å². The van der Waals surface area contributed by atoms with Gasteiger partial charge in [-0.1, -0.05) is 54.6 Å². The van der Waals surface area contributed by atoms with Crippen molar-refractivity contribution in [2.45, 2.75) is 19.8 Å². The van der Waals surface area contributed by atoms with E-state index in [-0.39, 0.29) is 0 Å². The lowest BCUT2D eigenvalue weighted by Crippen LogP contribution is -1.95. The van der Waals surface area contributed by atoms with Crippen LogP contribution in [0.5, 0.6) is 0 Å². The Bertz CT molecular complexity index is 683. The van der Waals surface area contributed by atoms with E-state index >= 15 is 0 Å². The van der Waals surface area contributed by atoms with Gasteiger partial charge < -0.3 is 4.98 Å². The van der Waals surface area contributed by atoms with Crippen molar-refractivity contribution in [1.82, 2.24) is 9.97 Å². The van der Waals surface area contributed by atoms with Crippen molar-refractivity contribution in [2.75, 3.05) is 0 Å². The summed E-state index contributed by atoms with van der Waals surface area (Å²) >= 11 is 0. The summed E-state index contributed by atoms with van der Waals surface area (Å²) in [5.41, 5.74) is 5.01. The predicted molar refractivity (Wildman–Crippen MR) is 82.6 cm³/mol. The molecule has 2 nitrogen and oxygen atoms in total. The van der Waals surface area contributed by atoms with Crippen LogP contribution in [0.3, 0.4) is 0 Å². The lowest BCUT2D eigenvalue weighted by Gasteiger charge is -2.03. The molecule has 2 aromatic carbocycles. The van der Waals surface area contributed by atoms with E-state index in [2.05, 4.69) is 53.3 Å².